The molecule has 0 saturated heterocycles. The number of unbranched alkanes of at least 4 members (excludes halogenated alkanes) is 4. The molecule has 0 N–H and O–H groups in total. The van der Waals surface area contributed by atoms with Gasteiger partial charge in [0, 0.05) is 34.4 Å². The minimum atomic E-state index is -0.288. The molecule has 5 heteroatoms. The Bertz CT molecular complexity index is 1070. The predicted molar refractivity (Wildman–Crippen MR) is 126 cm³/mol. The molecule has 0 bridgehead atoms. The molecule has 4 nitrogen and oxygen atoms in total. The number of carbonyl (C=O) groups is 2. The van der Waals surface area contributed by atoms with Crippen molar-refractivity contribution < 1.29 is 19.1 Å². The van der Waals surface area contributed by atoms with Gasteiger partial charge in [-0.15, -0.1) is 0 Å². The third-order valence-electron chi connectivity index (χ3n) is 5.30. The van der Waals surface area contributed by atoms with Crippen molar-refractivity contribution >= 4 is 45.1 Å². The van der Waals surface area contributed by atoms with Crippen LogP contribution in [-0.4, -0.2) is 11.9 Å². The molecule has 3 rings (SSSR count). The summed E-state index contributed by atoms with van der Waals surface area (Å²) in [5, 5.41) is 3.11. The van der Waals surface area contributed by atoms with E-state index in [0.717, 1.165) is 43.9 Å². The first kappa shape index (κ1) is 23.1. The summed E-state index contributed by atoms with van der Waals surface area (Å²) in [6.07, 6.45) is 6.31. The lowest BCUT2D eigenvalue weighted by molar-refractivity contribution is -0.135. The zero-order valence-electron chi connectivity index (χ0n) is 18.2. The second kappa shape index (κ2) is 11.1. The number of benzene rings is 3. The fraction of sp³-hybridized carbons (Fsp3) is 0.385. The van der Waals surface area contributed by atoms with Crippen LogP contribution in [-0.2, 0) is 9.59 Å². The maximum atomic E-state index is 12.5. The molecule has 0 radical (unpaired) electrons. The molecule has 0 aromatic heterocycles. The normalized spacial score (nSPS) is 11.1. The van der Waals surface area contributed by atoms with Gasteiger partial charge in [0.15, 0.2) is 0 Å². The molecule has 0 fully saturated rings. The molecule has 0 aliphatic heterocycles. The highest BCUT2D eigenvalue weighted by atomic mass is 35.5. The number of hydrogen-bond acceptors (Lipinski definition) is 4. The first-order valence-electron chi connectivity index (χ1n) is 11.1. The van der Waals surface area contributed by atoms with Crippen molar-refractivity contribution in [2.75, 3.05) is 0 Å². The third kappa shape index (κ3) is 5.56. The Morgan fingerprint density at radius 2 is 1.23 bits per heavy atom. The molecule has 0 unspecified atom stereocenters. The highest BCUT2D eigenvalue weighted by molar-refractivity contribution is 6.37. The number of halogens is 1. The maximum Gasteiger partial charge on any atom is 0.311 e. The summed E-state index contributed by atoms with van der Waals surface area (Å²) >= 11 is 6.55. The molecule has 0 saturated carbocycles. The van der Waals surface area contributed by atoms with Gasteiger partial charge in [0.2, 0.25) is 0 Å². The molecule has 0 atom stereocenters. The molecule has 3 aromatic carbocycles. The highest BCUT2D eigenvalue weighted by Crippen LogP contribution is 2.45. The Morgan fingerprint density at radius 1 is 0.710 bits per heavy atom. The van der Waals surface area contributed by atoms with Gasteiger partial charge < -0.3 is 9.47 Å². The van der Waals surface area contributed by atoms with Gasteiger partial charge in [0.05, 0.1) is 5.02 Å². The predicted octanol–water partition coefficient (Wildman–Crippen LogP) is 7.62. The number of fused-ring (bicyclic) bond motifs is 2. The maximum absolute atomic E-state index is 12.5. The van der Waals surface area contributed by atoms with E-state index < -0.39 is 0 Å². The van der Waals surface area contributed by atoms with Gasteiger partial charge in [-0.05, 0) is 18.9 Å². The number of ether oxygens (including phenoxy) is 2. The number of rotatable bonds is 10. The Hall–Kier alpha value is -2.59. The van der Waals surface area contributed by atoms with E-state index in [2.05, 4.69) is 13.8 Å². The minimum absolute atomic E-state index is 0.274. The van der Waals surface area contributed by atoms with Crippen LogP contribution in [0.15, 0.2) is 42.5 Å². The summed E-state index contributed by atoms with van der Waals surface area (Å²) in [7, 11) is 0. The van der Waals surface area contributed by atoms with Crippen LogP contribution in [0.25, 0.3) is 21.5 Å². The summed E-state index contributed by atoms with van der Waals surface area (Å²) in [5.41, 5.74) is 0. The van der Waals surface area contributed by atoms with Crippen LogP contribution in [0.2, 0.25) is 5.02 Å². The summed E-state index contributed by atoms with van der Waals surface area (Å²) in [6.45, 7) is 4.19. The molecule has 164 valence electrons. The van der Waals surface area contributed by atoms with Gasteiger partial charge in [-0.2, -0.15) is 0 Å². The molecule has 0 aliphatic rings. The monoisotopic (exact) mass is 440 g/mol. The van der Waals surface area contributed by atoms with Crippen molar-refractivity contribution in [2.45, 2.75) is 65.2 Å². The quantitative estimate of drug-likeness (QED) is 0.141. The van der Waals surface area contributed by atoms with Crippen molar-refractivity contribution in [3.05, 3.63) is 47.5 Å². The van der Waals surface area contributed by atoms with Crippen molar-refractivity contribution in [3.8, 4) is 11.5 Å². The Labute approximate surface area is 188 Å². The van der Waals surface area contributed by atoms with Crippen LogP contribution < -0.4 is 9.47 Å². The second-order valence-electron chi connectivity index (χ2n) is 7.73. The van der Waals surface area contributed by atoms with Crippen LogP contribution >= 0.6 is 11.6 Å². The van der Waals surface area contributed by atoms with Crippen LogP contribution in [0, 0.1) is 0 Å². The van der Waals surface area contributed by atoms with Gasteiger partial charge >= 0.3 is 11.9 Å². The lowest BCUT2D eigenvalue weighted by Crippen LogP contribution is -2.10. The van der Waals surface area contributed by atoms with Crippen LogP contribution in [0.3, 0.4) is 0 Å². The van der Waals surface area contributed by atoms with Crippen LogP contribution in [0.4, 0.5) is 0 Å². The van der Waals surface area contributed by atoms with E-state index in [4.69, 9.17) is 21.1 Å². The zero-order valence-corrected chi connectivity index (χ0v) is 19.0. The third-order valence-corrected chi connectivity index (χ3v) is 5.62. The van der Waals surface area contributed by atoms with Gasteiger partial charge in [0.1, 0.15) is 11.5 Å². The smallest absolute Gasteiger partial charge is 0.311 e. The van der Waals surface area contributed by atoms with Gasteiger partial charge in [-0.3, -0.25) is 9.59 Å². The standard InChI is InChI=1S/C26H29ClO4/c1-3-5-7-16-22(28)30-25-18-12-9-10-13-19(18)26(31-23(29)17-8-6-4-2)24-20(25)14-11-15-21(24)27/h9-15H,3-8,16-17H2,1-2H3. The van der Waals surface area contributed by atoms with E-state index >= 15 is 0 Å². The van der Waals surface area contributed by atoms with Crippen molar-refractivity contribution in [3.63, 3.8) is 0 Å². The first-order chi connectivity index (χ1) is 15.1. The summed E-state index contributed by atoms with van der Waals surface area (Å²) in [6, 6.07) is 12.9. The molecule has 0 amide bonds. The molecular weight excluding hydrogens is 412 g/mol. The SMILES string of the molecule is CCCCCC(=O)Oc1c2ccccc2c(OC(=O)CCCCC)c2c(Cl)cccc12. The van der Waals surface area contributed by atoms with Crippen molar-refractivity contribution in [1.29, 1.82) is 0 Å². The zero-order chi connectivity index (χ0) is 22.2. The molecule has 3 aromatic rings. The summed E-state index contributed by atoms with van der Waals surface area (Å²) < 4.78 is 11.7. The van der Waals surface area contributed by atoms with Crippen molar-refractivity contribution in [2.24, 2.45) is 0 Å². The molecule has 0 aliphatic carbocycles. The fourth-order valence-corrected chi connectivity index (χ4v) is 3.95. The summed E-state index contributed by atoms with van der Waals surface area (Å²) in [5.74, 6) is 0.317. The Balaban J connectivity index is 2.08. The summed E-state index contributed by atoms with van der Waals surface area (Å²) in [4.78, 5) is 25.1. The highest BCUT2D eigenvalue weighted by Gasteiger charge is 2.21. The lowest BCUT2D eigenvalue weighted by atomic mass is 10.0. The van der Waals surface area contributed by atoms with Crippen molar-refractivity contribution in [1.82, 2.24) is 0 Å². The molecule has 31 heavy (non-hydrogen) atoms. The number of carbonyl (C=O) groups excluding carboxylic acids is 2. The number of hydrogen-bond donors (Lipinski definition) is 0. The minimum Gasteiger partial charge on any atom is -0.425 e. The van der Waals surface area contributed by atoms with Crippen LogP contribution in [0.1, 0.15) is 65.2 Å². The molecular formula is C26H29ClO4. The fourth-order valence-electron chi connectivity index (χ4n) is 3.69. The van der Waals surface area contributed by atoms with E-state index in [0.29, 0.717) is 45.5 Å². The van der Waals surface area contributed by atoms with E-state index in [-0.39, 0.29) is 11.9 Å². The Morgan fingerprint density at radius 3 is 1.81 bits per heavy atom. The van der Waals surface area contributed by atoms with Gasteiger partial charge in [-0.25, -0.2) is 0 Å². The van der Waals surface area contributed by atoms with E-state index in [1.165, 1.54) is 0 Å². The number of esters is 2. The lowest BCUT2D eigenvalue weighted by Gasteiger charge is -2.17. The molecule has 0 heterocycles. The molecule has 0 spiro atoms. The Kier molecular flexibility index (Phi) is 8.30. The van der Waals surface area contributed by atoms with E-state index in [1.54, 1.807) is 12.1 Å². The second-order valence-corrected chi connectivity index (χ2v) is 8.14. The van der Waals surface area contributed by atoms with E-state index in [1.807, 2.05) is 30.3 Å². The van der Waals surface area contributed by atoms with E-state index in [9.17, 15) is 9.59 Å². The van der Waals surface area contributed by atoms with Crippen LogP contribution in [0.5, 0.6) is 11.5 Å². The largest absolute Gasteiger partial charge is 0.425 e. The first-order valence-corrected chi connectivity index (χ1v) is 11.5. The van der Waals surface area contributed by atoms with Gasteiger partial charge in [-0.1, -0.05) is 87.5 Å². The average Bonchev–Trinajstić information content (AvgIpc) is 2.76. The topological polar surface area (TPSA) is 52.6 Å². The van der Waals surface area contributed by atoms with Gasteiger partial charge in [0.25, 0.3) is 0 Å². The average molecular weight is 441 g/mol.